The van der Waals surface area contributed by atoms with Gasteiger partial charge in [0.2, 0.25) is 0 Å². The molecular weight excluding hydrogens is 274 g/mol. The number of nitrogen functional groups attached to an aromatic ring is 1. The summed E-state index contributed by atoms with van der Waals surface area (Å²) in [5.41, 5.74) is 6.78. The molecule has 0 aliphatic carbocycles. The van der Waals surface area contributed by atoms with Crippen LogP contribution in [0.4, 0.5) is 20.4 Å². The van der Waals surface area contributed by atoms with Gasteiger partial charge in [0, 0.05) is 23.6 Å². The van der Waals surface area contributed by atoms with Crippen molar-refractivity contribution >= 4 is 11.6 Å². The van der Waals surface area contributed by atoms with E-state index < -0.39 is 11.6 Å². The van der Waals surface area contributed by atoms with Crippen molar-refractivity contribution in [1.29, 1.82) is 0 Å². The predicted molar refractivity (Wildman–Crippen MR) is 79.0 cm³/mol. The molecule has 0 amide bonds. The van der Waals surface area contributed by atoms with E-state index in [4.69, 9.17) is 5.73 Å². The number of halogens is 2. The second kappa shape index (κ2) is 6.03. The van der Waals surface area contributed by atoms with E-state index in [2.05, 4.69) is 15.3 Å². The Hall–Kier alpha value is -2.24. The van der Waals surface area contributed by atoms with Crippen LogP contribution in [0.3, 0.4) is 0 Å². The van der Waals surface area contributed by atoms with E-state index in [9.17, 15) is 8.78 Å². The smallest absolute Gasteiger partial charge is 0.135 e. The quantitative estimate of drug-likeness (QED) is 0.906. The maximum absolute atomic E-state index is 13.6. The summed E-state index contributed by atoms with van der Waals surface area (Å²) in [5.74, 6) is 0.716. The highest BCUT2D eigenvalue weighted by molar-refractivity contribution is 5.55. The highest BCUT2D eigenvalue weighted by Gasteiger charge is 2.12. The van der Waals surface area contributed by atoms with Gasteiger partial charge in [-0.05, 0) is 25.1 Å². The summed E-state index contributed by atoms with van der Waals surface area (Å²) in [7, 11) is 0. The standard InChI is InChI=1S/C15H18F2N4/c1-8(2)14-20-13(18)9(3)15(21-14)19-7-10-6-11(16)4-5-12(10)17/h4-6,8H,7H2,1-3H3,(H3,18,19,20,21). The lowest BCUT2D eigenvalue weighted by atomic mass is 10.2. The van der Waals surface area contributed by atoms with Crippen LogP contribution in [0.5, 0.6) is 0 Å². The molecule has 0 aliphatic rings. The number of anilines is 2. The van der Waals surface area contributed by atoms with Crippen molar-refractivity contribution < 1.29 is 8.78 Å². The molecule has 0 bridgehead atoms. The van der Waals surface area contributed by atoms with Crippen LogP contribution in [0.1, 0.15) is 36.7 Å². The molecule has 2 rings (SSSR count). The summed E-state index contributed by atoms with van der Waals surface area (Å²) >= 11 is 0. The van der Waals surface area contributed by atoms with E-state index in [-0.39, 0.29) is 18.0 Å². The molecule has 2 aromatic rings. The van der Waals surface area contributed by atoms with Gasteiger partial charge >= 0.3 is 0 Å². The number of nitrogens with two attached hydrogens (primary N) is 1. The Morgan fingerprint density at radius 3 is 2.62 bits per heavy atom. The van der Waals surface area contributed by atoms with Crippen LogP contribution < -0.4 is 11.1 Å². The van der Waals surface area contributed by atoms with E-state index in [1.165, 1.54) is 0 Å². The maximum Gasteiger partial charge on any atom is 0.135 e. The lowest BCUT2D eigenvalue weighted by molar-refractivity contribution is 0.587. The number of nitrogens with one attached hydrogen (secondary N) is 1. The van der Waals surface area contributed by atoms with Crippen LogP contribution in [-0.2, 0) is 6.54 Å². The Bertz CT molecular complexity index is 656. The third kappa shape index (κ3) is 3.45. The van der Waals surface area contributed by atoms with Crippen LogP contribution in [0.2, 0.25) is 0 Å². The molecule has 0 fully saturated rings. The van der Waals surface area contributed by atoms with Gasteiger partial charge < -0.3 is 11.1 Å². The van der Waals surface area contributed by atoms with Crippen LogP contribution >= 0.6 is 0 Å². The molecule has 0 saturated carbocycles. The first-order valence-electron chi connectivity index (χ1n) is 6.70. The molecule has 4 nitrogen and oxygen atoms in total. The van der Waals surface area contributed by atoms with Crippen LogP contribution in [-0.4, -0.2) is 9.97 Å². The fraction of sp³-hybridized carbons (Fsp3) is 0.333. The highest BCUT2D eigenvalue weighted by Crippen LogP contribution is 2.22. The fourth-order valence-electron chi connectivity index (χ4n) is 1.84. The Morgan fingerprint density at radius 2 is 1.95 bits per heavy atom. The molecule has 6 heteroatoms. The van der Waals surface area contributed by atoms with Gasteiger partial charge in [-0.2, -0.15) is 0 Å². The third-order valence-electron chi connectivity index (χ3n) is 3.17. The SMILES string of the molecule is Cc1c(N)nc(C(C)C)nc1NCc1cc(F)ccc1F. The molecule has 0 unspecified atom stereocenters. The lowest BCUT2D eigenvalue weighted by Gasteiger charge is -2.13. The first-order valence-corrected chi connectivity index (χ1v) is 6.70. The average Bonchev–Trinajstić information content (AvgIpc) is 2.43. The molecule has 0 spiro atoms. The number of rotatable bonds is 4. The van der Waals surface area contributed by atoms with Gasteiger partial charge in [0.25, 0.3) is 0 Å². The van der Waals surface area contributed by atoms with Crippen molar-refractivity contribution in [2.45, 2.75) is 33.2 Å². The number of aromatic nitrogens is 2. The number of nitrogens with zero attached hydrogens (tertiary/aromatic N) is 2. The molecule has 3 N–H and O–H groups in total. The fourth-order valence-corrected chi connectivity index (χ4v) is 1.84. The second-order valence-electron chi connectivity index (χ2n) is 5.18. The summed E-state index contributed by atoms with van der Waals surface area (Å²) in [6.45, 7) is 5.82. The molecule has 112 valence electrons. The van der Waals surface area contributed by atoms with Gasteiger partial charge in [0.05, 0.1) is 0 Å². The molecular formula is C15H18F2N4. The van der Waals surface area contributed by atoms with Gasteiger partial charge in [0.1, 0.15) is 29.1 Å². The van der Waals surface area contributed by atoms with Gasteiger partial charge in [-0.3, -0.25) is 0 Å². The third-order valence-corrected chi connectivity index (χ3v) is 3.17. The molecule has 0 aliphatic heterocycles. The Morgan fingerprint density at radius 1 is 1.24 bits per heavy atom. The van der Waals surface area contributed by atoms with Crippen molar-refractivity contribution in [3.63, 3.8) is 0 Å². The van der Waals surface area contributed by atoms with Gasteiger partial charge in [-0.25, -0.2) is 18.7 Å². The van der Waals surface area contributed by atoms with Crippen molar-refractivity contribution in [3.8, 4) is 0 Å². The Labute approximate surface area is 122 Å². The van der Waals surface area contributed by atoms with Crippen molar-refractivity contribution in [2.75, 3.05) is 11.1 Å². The van der Waals surface area contributed by atoms with Crippen molar-refractivity contribution in [3.05, 3.63) is 46.8 Å². The van der Waals surface area contributed by atoms with Crippen LogP contribution in [0.25, 0.3) is 0 Å². The molecule has 21 heavy (non-hydrogen) atoms. The minimum absolute atomic E-state index is 0.123. The molecule has 1 aromatic carbocycles. The van der Waals surface area contributed by atoms with Gasteiger partial charge in [0.15, 0.2) is 0 Å². The zero-order valence-electron chi connectivity index (χ0n) is 12.2. The van der Waals surface area contributed by atoms with E-state index in [1.54, 1.807) is 6.92 Å². The van der Waals surface area contributed by atoms with E-state index >= 15 is 0 Å². The zero-order chi connectivity index (χ0) is 15.6. The van der Waals surface area contributed by atoms with Gasteiger partial charge in [-0.1, -0.05) is 13.8 Å². The minimum Gasteiger partial charge on any atom is -0.383 e. The number of hydrogen-bond acceptors (Lipinski definition) is 4. The Balaban J connectivity index is 2.25. The van der Waals surface area contributed by atoms with Crippen molar-refractivity contribution in [1.82, 2.24) is 9.97 Å². The topological polar surface area (TPSA) is 63.8 Å². The molecule has 1 aromatic heterocycles. The zero-order valence-corrected chi connectivity index (χ0v) is 12.2. The van der Waals surface area contributed by atoms with Gasteiger partial charge in [-0.15, -0.1) is 0 Å². The normalized spacial score (nSPS) is 11.0. The molecule has 0 radical (unpaired) electrons. The van der Waals surface area contributed by atoms with Crippen molar-refractivity contribution in [2.24, 2.45) is 0 Å². The molecule has 0 saturated heterocycles. The summed E-state index contributed by atoms with van der Waals surface area (Å²) in [4.78, 5) is 8.59. The highest BCUT2D eigenvalue weighted by atomic mass is 19.1. The van der Waals surface area contributed by atoms with E-state index in [0.29, 0.717) is 23.0 Å². The monoisotopic (exact) mass is 292 g/mol. The predicted octanol–water partition coefficient (Wildman–Crippen LogP) is 3.38. The summed E-state index contributed by atoms with van der Waals surface area (Å²) in [5, 5.41) is 3.00. The van der Waals surface area contributed by atoms with Crippen LogP contribution in [0, 0.1) is 18.6 Å². The summed E-state index contributed by atoms with van der Waals surface area (Å²) < 4.78 is 26.7. The largest absolute Gasteiger partial charge is 0.383 e. The Kier molecular flexibility index (Phi) is 4.35. The maximum atomic E-state index is 13.6. The molecule has 0 atom stereocenters. The first-order chi connectivity index (χ1) is 9.88. The van der Waals surface area contributed by atoms with E-state index in [0.717, 1.165) is 18.2 Å². The van der Waals surface area contributed by atoms with Crippen LogP contribution in [0.15, 0.2) is 18.2 Å². The van der Waals surface area contributed by atoms with E-state index in [1.807, 2.05) is 13.8 Å². The number of hydrogen-bond donors (Lipinski definition) is 2. The summed E-state index contributed by atoms with van der Waals surface area (Å²) in [6, 6.07) is 3.35. The molecule has 1 heterocycles. The average molecular weight is 292 g/mol. The second-order valence-corrected chi connectivity index (χ2v) is 5.18. The summed E-state index contributed by atoms with van der Waals surface area (Å²) in [6.07, 6.45) is 0. The minimum atomic E-state index is -0.477. The lowest BCUT2D eigenvalue weighted by Crippen LogP contribution is -2.11. The first kappa shape index (κ1) is 15.2. The number of benzene rings is 1.